The Hall–Kier alpha value is -0.717. The van der Waals surface area contributed by atoms with Crippen molar-refractivity contribution >= 4 is 16.1 Å². The fourth-order valence-electron chi connectivity index (χ4n) is 2.47. The molecule has 0 aliphatic rings. The van der Waals surface area contributed by atoms with Gasteiger partial charge in [-0.1, -0.05) is 6.92 Å². The SMILES string of the molecule is CCCCCCCCCCCC(=O)[O][Zr](=[O])[O]S(=O)(=O)c1ccccc1. The molecule has 1 aromatic carbocycles. The molecule has 0 N–H and O–H groups in total. The third-order valence-electron chi connectivity index (χ3n) is 3.89. The molecule has 0 aliphatic carbocycles. The van der Waals surface area contributed by atoms with Crippen molar-refractivity contribution in [3.8, 4) is 0 Å². The van der Waals surface area contributed by atoms with Crippen LogP contribution < -0.4 is 0 Å². The first kappa shape index (κ1) is 23.3. The first-order valence-electron chi connectivity index (χ1n) is 9.20. The van der Waals surface area contributed by atoms with Gasteiger partial charge in [0.05, 0.1) is 0 Å². The molecule has 1 rings (SSSR count). The van der Waals surface area contributed by atoms with E-state index in [9.17, 15) is 16.0 Å². The minimum absolute atomic E-state index is 0.107. The molecule has 26 heavy (non-hydrogen) atoms. The van der Waals surface area contributed by atoms with E-state index >= 15 is 0 Å². The van der Waals surface area contributed by atoms with Gasteiger partial charge in [-0.05, 0) is 0 Å². The molecule has 0 bridgehead atoms. The van der Waals surface area contributed by atoms with E-state index in [0.29, 0.717) is 6.42 Å². The van der Waals surface area contributed by atoms with Crippen molar-refractivity contribution in [3.05, 3.63) is 30.3 Å². The van der Waals surface area contributed by atoms with E-state index in [0.717, 1.165) is 19.3 Å². The van der Waals surface area contributed by atoms with Crippen LogP contribution in [0.1, 0.15) is 71.1 Å². The molecule has 0 saturated carbocycles. The average molecular weight is 464 g/mol. The molecule has 146 valence electrons. The van der Waals surface area contributed by atoms with Crippen molar-refractivity contribution in [3.63, 3.8) is 0 Å². The number of hydrogen-bond acceptors (Lipinski definition) is 6. The van der Waals surface area contributed by atoms with E-state index in [4.69, 9.17) is 0 Å². The van der Waals surface area contributed by atoms with E-state index < -0.39 is 38.7 Å². The molecule has 0 radical (unpaired) electrons. The molecule has 0 aromatic heterocycles. The van der Waals surface area contributed by atoms with Crippen molar-refractivity contribution in [2.75, 3.05) is 0 Å². The third kappa shape index (κ3) is 10.4. The summed E-state index contributed by atoms with van der Waals surface area (Å²) in [5.74, 6) is -0.652. The molecule has 8 heteroatoms. The van der Waals surface area contributed by atoms with Crippen LogP contribution >= 0.6 is 0 Å². The molecule has 0 spiro atoms. The molecule has 6 nitrogen and oxygen atoms in total. The Bertz CT molecular complexity index is 645. The van der Waals surface area contributed by atoms with Gasteiger partial charge < -0.3 is 0 Å². The molecule has 0 unspecified atom stereocenters. The van der Waals surface area contributed by atoms with E-state index in [1.165, 1.54) is 56.4 Å². The molecule has 0 aliphatic heterocycles. The van der Waals surface area contributed by atoms with E-state index in [1.807, 2.05) is 0 Å². The monoisotopic (exact) mass is 462 g/mol. The van der Waals surface area contributed by atoms with E-state index in [2.05, 4.69) is 12.0 Å². The zero-order valence-corrected chi connectivity index (χ0v) is 18.6. The number of hydrogen-bond donors (Lipinski definition) is 0. The zero-order valence-electron chi connectivity index (χ0n) is 15.3. The van der Waals surface area contributed by atoms with Gasteiger partial charge >= 0.3 is 159 Å². The van der Waals surface area contributed by atoms with Gasteiger partial charge in [0.15, 0.2) is 0 Å². The predicted molar refractivity (Wildman–Crippen MR) is 93.3 cm³/mol. The van der Waals surface area contributed by atoms with Crippen molar-refractivity contribution in [1.82, 2.24) is 0 Å². The fraction of sp³-hybridized carbons (Fsp3) is 0.611. The van der Waals surface area contributed by atoms with Gasteiger partial charge in [0.1, 0.15) is 0 Å². The number of carbonyl (C=O) groups excluding carboxylic acids is 1. The Labute approximate surface area is 165 Å². The summed E-state index contributed by atoms with van der Waals surface area (Å²) in [6.07, 6.45) is 10.2. The van der Waals surface area contributed by atoms with E-state index in [1.54, 1.807) is 6.07 Å². The third-order valence-corrected chi connectivity index (χ3v) is 8.69. The zero-order chi connectivity index (χ0) is 19.3. The average Bonchev–Trinajstić information content (AvgIpc) is 2.60. The van der Waals surface area contributed by atoms with Crippen LogP contribution in [-0.2, 0) is 45.4 Å². The summed E-state index contributed by atoms with van der Waals surface area (Å²) in [5.41, 5.74) is 0. The van der Waals surface area contributed by atoms with Gasteiger partial charge in [-0.3, -0.25) is 0 Å². The standard InChI is InChI=1S/C12H24O2.C6H6O3S.O.Zr/c1-2-3-4-5-6-7-8-9-10-11-12(13)14;7-10(8,9)6-4-2-1-3-5-6;;/h2-11H2,1H3,(H,13,14);1-5H,(H,7,8,9);;/q;;;+2/p-2. The van der Waals surface area contributed by atoms with Crippen molar-refractivity contribution in [2.24, 2.45) is 0 Å². The molecule has 0 fully saturated rings. The summed E-state index contributed by atoms with van der Waals surface area (Å²) in [5, 5.41) is 0. The molecule has 0 saturated heterocycles. The molecular formula is C18H28O6SZr. The maximum absolute atomic E-state index is 11.9. The Morgan fingerprint density at radius 3 is 2.04 bits per heavy atom. The van der Waals surface area contributed by atoms with Gasteiger partial charge in [-0.25, -0.2) is 0 Å². The van der Waals surface area contributed by atoms with Gasteiger partial charge in [0.25, 0.3) is 0 Å². The van der Waals surface area contributed by atoms with Crippen LogP contribution in [0.15, 0.2) is 35.2 Å². The second-order valence-corrected chi connectivity index (χ2v) is 10.7. The fourth-order valence-corrected chi connectivity index (χ4v) is 6.26. The summed E-state index contributed by atoms with van der Waals surface area (Å²) in [6.45, 7) is 2.19. The van der Waals surface area contributed by atoms with Crippen LogP contribution in [0.4, 0.5) is 0 Å². The van der Waals surface area contributed by atoms with Gasteiger partial charge in [0.2, 0.25) is 0 Å². The summed E-state index contributed by atoms with van der Waals surface area (Å²) < 4.78 is 44.7. The Morgan fingerprint density at radius 1 is 0.923 bits per heavy atom. The topological polar surface area (TPSA) is 86.7 Å². The van der Waals surface area contributed by atoms with Crippen LogP contribution in [-0.4, -0.2) is 14.4 Å². The molecule has 0 heterocycles. The normalized spacial score (nSPS) is 11.3. The van der Waals surface area contributed by atoms with Gasteiger partial charge in [-0.2, -0.15) is 0 Å². The van der Waals surface area contributed by atoms with E-state index in [-0.39, 0.29) is 11.3 Å². The Morgan fingerprint density at radius 2 is 1.46 bits per heavy atom. The molecular weight excluding hydrogens is 435 g/mol. The summed E-state index contributed by atoms with van der Waals surface area (Å²) >= 11 is -4.42. The molecule has 0 amide bonds. The number of rotatable bonds is 14. The van der Waals surface area contributed by atoms with Crippen LogP contribution in [0, 0.1) is 0 Å². The van der Waals surface area contributed by atoms with Gasteiger partial charge in [0, 0.05) is 0 Å². The second kappa shape index (κ2) is 13.5. The Kier molecular flexibility index (Phi) is 12.1. The second-order valence-electron chi connectivity index (χ2n) is 6.15. The predicted octanol–water partition coefficient (Wildman–Crippen LogP) is 4.65. The summed E-state index contributed by atoms with van der Waals surface area (Å²) in [6, 6.07) is 7.37. The first-order valence-corrected chi connectivity index (χ1v) is 13.6. The van der Waals surface area contributed by atoms with Crippen molar-refractivity contribution < 1.29 is 43.7 Å². The number of carbonyl (C=O) groups is 1. The van der Waals surface area contributed by atoms with Crippen LogP contribution in [0.25, 0.3) is 0 Å². The first-order chi connectivity index (χ1) is 12.5. The molecule has 1 aromatic rings. The quantitative estimate of drug-likeness (QED) is 0.373. The number of benzene rings is 1. The van der Waals surface area contributed by atoms with Crippen LogP contribution in [0.2, 0.25) is 0 Å². The minimum atomic E-state index is -4.42. The van der Waals surface area contributed by atoms with Crippen molar-refractivity contribution in [1.29, 1.82) is 0 Å². The van der Waals surface area contributed by atoms with Crippen LogP contribution in [0.3, 0.4) is 0 Å². The molecule has 0 atom stereocenters. The Balaban J connectivity index is 2.16. The van der Waals surface area contributed by atoms with Crippen LogP contribution in [0.5, 0.6) is 0 Å². The summed E-state index contributed by atoms with van der Waals surface area (Å²) in [4.78, 5) is 11.5. The van der Waals surface area contributed by atoms with Crippen molar-refractivity contribution in [2.45, 2.75) is 76.0 Å². The van der Waals surface area contributed by atoms with Gasteiger partial charge in [-0.15, -0.1) is 0 Å². The maximum atomic E-state index is 11.9. The number of unbranched alkanes of at least 4 members (excludes halogenated alkanes) is 8. The summed E-state index contributed by atoms with van der Waals surface area (Å²) in [7, 11) is -4.15.